The van der Waals surface area contributed by atoms with Crippen molar-refractivity contribution in [3.8, 4) is 5.75 Å². The molecule has 1 aliphatic rings. The fourth-order valence-corrected chi connectivity index (χ4v) is 5.36. The van der Waals surface area contributed by atoms with Gasteiger partial charge in [-0.25, -0.2) is 9.97 Å². The van der Waals surface area contributed by atoms with Gasteiger partial charge in [0.15, 0.2) is 0 Å². The molecule has 3 aromatic rings. The highest BCUT2D eigenvalue weighted by atomic mass is 16.5. The molecule has 8 nitrogen and oxygen atoms in total. The van der Waals surface area contributed by atoms with Crippen LogP contribution in [0.5, 0.6) is 5.75 Å². The lowest BCUT2D eigenvalue weighted by molar-refractivity contribution is -0.139. The lowest BCUT2D eigenvalue weighted by atomic mass is 9.79. The third kappa shape index (κ3) is 6.98. The number of aliphatic hydroxyl groups excluding tert-OH is 1. The predicted octanol–water partition coefficient (Wildman–Crippen LogP) is 4.28. The minimum absolute atomic E-state index is 0.0928. The molecule has 8 heteroatoms. The van der Waals surface area contributed by atoms with Crippen molar-refractivity contribution in [3.63, 3.8) is 0 Å². The van der Waals surface area contributed by atoms with Crippen LogP contribution < -0.4 is 4.74 Å². The summed E-state index contributed by atoms with van der Waals surface area (Å²) in [6.45, 7) is 2.72. The van der Waals surface area contributed by atoms with E-state index in [-0.39, 0.29) is 18.3 Å². The van der Waals surface area contributed by atoms with E-state index in [1.807, 2.05) is 30.3 Å². The number of rotatable bonds is 12. The topological polar surface area (TPSA) is 109 Å². The predicted molar refractivity (Wildman–Crippen MR) is 138 cm³/mol. The number of carboxylic acids is 1. The molecule has 0 radical (unpaired) electrons. The molecular formula is C28H36N4O4. The van der Waals surface area contributed by atoms with Crippen molar-refractivity contribution in [1.29, 1.82) is 0 Å². The molecule has 1 aromatic carbocycles. The number of benzene rings is 1. The first kappa shape index (κ1) is 26.0. The zero-order chi connectivity index (χ0) is 25.3. The van der Waals surface area contributed by atoms with Crippen molar-refractivity contribution in [2.24, 2.45) is 11.8 Å². The fourth-order valence-electron chi connectivity index (χ4n) is 5.36. The number of nitrogens with zero attached hydrogens (tertiary/aromatic N) is 4. The maximum Gasteiger partial charge on any atom is 0.303 e. The summed E-state index contributed by atoms with van der Waals surface area (Å²) in [5, 5.41) is 21.5. The number of aliphatic hydroxyl groups is 1. The molecule has 0 unspecified atom stereocenters. The van der Waals surface area contributed by atoms with Crippen LogP contribution in [0.4, 0.5) is 0 Å². The van der Waals surface area contributed by atoms with E-state index in [1.54, 1.807) is 25.7 Å². The molecule has 0 saturated carbocycles. The molecule has 0 spiro atoms. The number of methoxy groups -OCH3 is 1. The number of piperidine rings is 1. The second-order valence-corrected chi connectivity index (χ2v) is 9.71. The molecule has 2 N–H and O–H groups in total. The summed E-state index contributed by atoms with van der Waals surface area (Å²) in [7, 11) is 1.63. The summed E-state index contributed by atoms with van der Waals surface area (Å²) in [4.78, 5) is 27.0. The summed E-state index contributed by atoms with van der Waals surface area (Å²) in [5.74, 6) is 1.23. The Labute approximate surface area is 212 Å². The standard InChI is InChI=1S/C28H36N4O4/c1-36-22-7-8-25-24(18-22)23(10-14-29-25)26(33)9-6-20-11-16-32(19-21(20)17-28(34)35)15-3-2-5-27-30-12-4-13-31-27/h4,7-8,10,12-14,18,20-21,26,33H,2-3,5-6,9,11,15-17,19H2,1H3,(H,34,35)/t20-,21+,26-/m1/s1. The summed E-state index contributed by atoms with van der Waals surface area (Å²) >= 11 is 0. The van der Waals surface area contributed by atoms with E-state index in [0.29, 0.717) is 6.42 Å². The van der Waals surface area contributed by atoms with Crippen LogP contribution >= 0.6 is 0 Å². The average Bonchev–Trinajstić information content (AvgIpc) is 2.90. The van der Waals surface area contributed by atoms with Crippen LogP contribution in [0.25, 0.3) is 10.9 Å². The molecule has 0 bridgehead atoms. The Morgan fingerprint density at radius 3 is 2.75 bits per heavy atom. The van der Waals surface area contributed by atoms with Crippen LogP contribution in [0.1, 0.15) is 56.0 Å². The van der Waals surface area contributed by atoms with Crippen LogP contribution in [0.3, 0.4) is 0 Å². The number of pyridine rings is 1. The zero-order valence-corrected chi connectivity index (χ0v) is 20.9. The Kier molecular flexibility index (Phi) is 9.19. The van der Waals surface area contributed by atoms with Crippen LogP contribution in [0.2, 0.25) is 0 Å². The van der Waals surface area contributed by atoms with Gasteiger partial charge in [0.1, 0.15) is 11.6 Å². The number of hydrogen-bond donors (Lipinski definition) is 2. The molecule has 192 valence electrons. The normalized spacial score (nSPS) is 19.3. The van der Waals surface area contributed by atoms with E-state index in [2.05, 4.69) is 19.9 Å². The summed E-state index contributed by atoms with van der Waals surface area (Å²) in [6.07, 6.45) is 10.1. The van der Waals surface area contributed by atoms with Crippen molar-refractivity contribution >= 4 is 16.9 Å². The van der Waals surface area contributed by atoms with Gasteiger partial charge in [-0.2, -0.15) is 0 Å². The zero-order valence-electron chi connectivity index (χ0n) is 20.9. The lowest BCUT2D eigenvalue weighted by Gasteiger charge is -2.38. The molecule has 3 heterocycles. The van der Waals surface area contributed by atoms with E-state index >= 15 is 0 Å². The molecule has 1 saturated heterocycles. The van der Waals surface area contributed by atoms with Gasteiger partial charge in [0.05, 0.1) is 18.7 Å². The number of hydrogen-bond acceptors (Lipinski definition) is 7. The van der Waals surface area contributed by atoms with E-state index < -0.39 is 12.1 Å². The summed E-state index contributed by atoms with van der Waals surface area (Å²) in [6, 6.07) is 9.37. The molecule has 4 rings (SSSR count). The van der Waals surface area contributed by atoms with Gasteiger partial charge in [-0.3, -0.25) is 9.78 Å². The lowest BCUT2D eigenvalue weighted by Crippen LogP contribution is -2.41. The van der Waals surface area contributed by atoms with Gasteiger partial charge in [-0.1, -0.05) is 0 Å². The SMILES string of the molecule is COc1ccc2nccc([C@H](O)CC[C@@H]3CCN(CCCCc4ncccn4)C[C@@H]3CC(=O)O)c2c1. The van der Waals surface area contributed by atoms with Crippen molar-refractivity contribution in [2.45, 2.75) is 51.0 Å². The molecule has 3 atom stereocenters. The highest BCUT2D eigenvalue weighted by Crippen LogP contribution is 2.34. The van der Waals surface area contributed by atoms with Crippen molar-refractivity contribution in [1.82, 2.24) is 19.9 Å². The van der Waals surface area contributed by atoms with E-state index in [9.17, 15) is 15.0 Å². The number of carboxylic acid groups (broad SMARTS) is 1. The molecule has 36 heavy (non-hydrogen) atoms. The molecule has 1 fully saturated rings. The minimum Gasteiger partial charge on any atom is -0.497 e. The summed E-state index contributed by atoms with van der Waals surface area (Å²) in [5.41, 5.74) is 1.66. The molecule has 2 aromatic heterocycles. The molecule has 0 amide bonds. The number of ether oxygens (including phenoxy) is 1. The van der Waals surface area contributed by atoms with Crippen LogP contribution in [0, 0.1) is 11.8 Å². The molecule has 0 aliphatic carbocycles. The number of aryl methyl sites for hydroxylation is 1. The average molecular weight is 493 g/mol. The Balaban J connectivity index is 1.31. The van der Waals surface area contributed by atoms with Gasteiger partial charge in [0.2, 0.25) is 0 Å². The van der Waals surface area contributed by atoms with Crippen LogP contribution in [-0.4, -0.2) is 62.8 Å². The van der Waals surface area contributed by atoms with Crippen molar-refractivity contribution < 1.29 is 19.7 Å². The second-order valence-electron chi connectivity index (χ2n) is 9.71. The molecular weight excluding hydrogens is 456 g/mol. The van der Waals surface area contributed by atoms with Gasteiger partial charge in [0.25, 0.3) is 0 Å². The first-order valence-corrected chi connectivity index (χ1v) is 12.8. The second kappa shape index (κ2) is 12.7. The Morgan fingerprint density at radius 2 is 1.97 bits per heavy atom. The number of aliphatic carboxylic acids is 1. The van der Waals surface area contributed by atoms with Crippen LogP contribution in [-0.2, 0) is 11.2 Å². The van der Waals surface area contributed by atoms with Crippen LogP contribution in [0.15, 0.2) is 48.9 Å². The van der Waals surface area contributed by atoms with Gasteiger partial charge < -0.3 is 19.8 Å². The number of unbranched alkanes of at least 4 members (excludes halogenated alkanes) is 1. The number of fused-ring (bicyclic) bond motifs is 1. The Bertz CT molecular complexity index is 1130. The van der Waals surface area contributed by atoms with Gasteiger partial charge in [0, 0.05) is 43.4 Å². The van der Waals surface area contributed by atoms with Gasteiger partial charge in [-0.15, -0.1) is 0 Å². The van der Waals surface area contributed by atoms with Gasteiger partial charge in [-0.05, 0) is 92.9 Å². The number of aromatic nitrogens is 3. The quantitative estimate of drug-likeness (QED) is 0.361. The highest BCUT2D eigenvalue weighted by Gasteiger charge is 2.31. The third-order valence-electron chi connectivity index (χ3n) is 7.31. The van der Waals surface area contributed by atoms with Crippen molar-refractivity contribution in [2.75, 3.05) is 26.7 Å². The highest BCUT2D eigenvalue weighted by molar-refractivity contribution is 5.83. The molecule has 1 aliphatic heterocycles. The smallest absolute Gasteiger partial charge is 0.303 e. The Hall–Kier alpha value is -3.10. The summed E-state index contributed by atoms with van der Waals surface area (Å²) < 4.78 is 5.35. The van der Waals surface area contributed by atoms with Crippen molar-refractivity contribution in [3.05, 3.63) is 60.3 Å². The largest absolute Gasteiger partial charge is 0.497 e. The minimum atomic E-state index is -0.749. The van der Waals surface area contributed by atoms with E-state index in [1.165, 1.54) is 0 Å². The van der Waals surface area contributed by atoms with E-state index in [0.717, 1.165) is 79.8 Å². The monoisotopic (exact) mass is 492 g/mol. The fraction of sp³-hybridized carbons (Fsp3) is 0.500. The third-order valence-corrected chi connectivity index (χ3v) is 7.31. The Morgan fingerprint density at radius 1 is 1.14 bits per heavy atom. The maximum absolute atomic E-state index is 11.6. The number of likely N-dealkylation sites (tertiary alicyclic amines) is 1. The first-order valence-electron chi connectivity index (χ1n) is 12.8. The van der Waals surface area contributed by atoms with E-state index in [4.69, 9.17) is 4.74 Å². The maximum atomic E-state index is 11.6. The first-order chi connectivity index (χ1) is 17.5. The van der Waals surface area contributed by atoms with Gasteiger partial charge >= 0.3 is 5.97 Å². The number of carbonyl (C=O) groups is 1.